The minimum absolute atomic E-state index is 0.147. The molecule has 1 N–H and O–H groups in total. The first-order chi connectivity index (χ1) is 15.7. The van der Waals surface area contributed by atoms with Crippen LogP contribution in [0.3, 0.4) is 0 Å². The van der Waals surface area contributed by atoms with Crippen LogP contribution in [-0.4, -0.2) is 82.1 Å². The molecule has 2 aliphatic heterocycles. The summed E-state index contributed by atoms with van der Waals surface area (Å²) in [6.45, 7) is 5.94. The van der Waals surface area contributed by atoms with Gasteiger partial charge in [0.2, 0.25) is 5.91 Å². The van der Waals surface area contributed by atoms with Crippen molar-refractivity contribution in [3.05, 3.63) is 18.0 Å². The Labute approximate surface area is 191 Å². The van der Waals surface area contributed by atoms with Crippen LogP contribution in [0.1, 0.15) is 56.7 Å². The van der Waals surface area contributed by atoms with Crippen LogP contribution >= 0.6 is 0 Å². The van der Waals surface area contributed by atoms with E-state index in [4.69, 9.17) is 14.6 Å². The van der Waals surface area contributed by atoms with Crippen LogP contribution in [0.5, 0.6) is 0 Å². The molecule has 11 heteroatoms. The second kappa shape index (κ2) is 11.8. The third kappa shape index (κ3) is 7.70. The number of hydrogen-bond donors (Lipinski definition) is 1. The third-order valence-electron chi connectivity index (χ3n) is 6.47. The van der Waals surface area contributed by atoms with Crippen molar-refractivity contribution in [2.45, 2.75) is 63.7 Å². The molecule has 3 aliphatic rings. The van der Waals surface area contributed by atoms with Gasteiger partial charge in [-0.2, -0.15) is 18.3 Å². The number of carboxylic acids is 1. The molecule has 1 atom stereocenters. The summed E-state index contributed by atoms with van der Waals surface area (Å²) in [5.74, 6) is -1.74. The zero-order valence-electron chi connectivity index (χ0n) is 18.8. The normalized spacial score (nSPS) is 21.5. The highest BCUT2D eigenvalue weighted by Gasteiger charge is 2.38. The number of fused-ring (bicyclic) bond motifs is 1. The molecule has 3 heterocycles. The fourth-order valence-corrected chi connectivity index (χ4v) is 4.81. The molecule has 0 bridgehead atoms. The Hall–Kier alpha value is -2.14. The number of nitrogens with zero attached hydrogens (tertiary/aromatic N) is 4. The van der Waals surface area contributed by atoms with E-state index >= 15 is 0 Å². The Kier molecular flexibility index (Phi) is 9.13. The van der Waals surface area contributed by atoms with Gasteiger partial charge in [-0.15, -0.1) is 0 Å². The molecule has 1 amide bonds. The predicted molar refractivity (Wildman–Crippen MR) is 113 cm³/mol. The van der Waals surface area contributed by atoms with E-state index in [1.807, 2.05) is 11.1 Å². The number of aliphatic carboxylic acids is 1. The lowest BCUT2D eigenvalue weighted by molar-refractivity contribution is -0.192. The standard InChI is InChI=1S/C20H32N4O2.C2HF3O2/c25-20(23-10-3-4-11-23)16-26-12-8-19-15-22(13-17-5-1-2-6-17)14-18-7-9-21-24(18)19;3-2(4,5)1(6)7/h7,9,17,19H,1-6,8,10-16H2;(H,6,7). The highest BCUT2D eigenvalue weighted by molar-refractivity contribution is 5.77. The summed E-state index contributed by atoms with van der Waals surface area (Å²) in [6, 6.07) is 2.50. The van der Waals surface area contributed by atoms with Gasteiger partial charge in [-0.1, -0.05) is 12.8 Å². The quantitative estimate of drug-likeness (QED) is 0.611. The molecule has 8 nitrogen and oxygen atoms in total. The second-order valence-electron chi connectivity index (χ2n) is 9.00. The van der Waals surface area contributed by atoms with Gasteiger partial charge in [0.25, 0.3) is 0 Å². The van der Waals surface area contributed by atoms with Gasteiger partial charge in [0, 0.05) is 45.5 Å². The van der Waals surface area contributed by atoms with E-state index in [1.54, 1.807) is 0 Å². The maximum Gasteiger partial charge on any atom is 0.490 e. The van der Waals surface area contributed by atoms with Gasteiger partial charge in [-0.25, -0.2) is 4.79 Å². The lowest BCUT2D eigenvalue weighted by atomic mass is 10.1. The van der Waals surface area contributed by atoms with E-state index in [2.05, 4.69) is 20.7 Å². The third-order valence-corrected chi connectivity index (χ3v) is 6.47. The molecule has 2 fully saturated rings. The lowest BCUT2D eigenvalue weighted by Gasteiger charge is -2.35. The van der Waals surface area contributed by atoms with Crippen molar-refractivity contribution in [3.8, 4) is 0 Å². The van der Waals surface area contributed by atoms with Crippen molar-refractivity contribution in [1.29, 1.82) is 0 Å². The first-order valence-corrected chi connectivity index (χ1v) is 11.6. The number of amides is 1. The van der Waals surface area contributed by atoms with Crippen molar-refractivity contribution < 1.29 is 32.6 Å². The van der Waals surface area contributed by atoms with Crippen LogP contribution < -0.4 is 0 Å². The van der Waals surface area contributed by atoms with Gasteiger partial charge < -0.3 is 14.7 Å². The largest absolute Gasteiger partial charge is 0.490 e. The molecule has 0 radical (unpaired) electrons. The number of ether oxygens (including phenoxy) is 1. The van der Waals surface area contributed by atoms with Crippen LogP contribution in [0.4, 0.5) is 13.2 Å². The minimum atomic E-state index is -5.08. The number of carbonyl (C=O) groups excluding carboxylic acids is 1. The average Bonchev–Trinajstić information content (AvgIpc) is 3.53. The van der Waals surface area contributed by atoms with Crippen LogP contribution in [0, 0.1) is 5.92 Å². The molecular formula is C22H33F3N4O4. The molecule has 1 saturated heterocycles. The lowest BCUT2D eigenvalue weighted by Crippen LogP contribution is -2.40. The first-order valence-electron chi connectivity index (χ1n) is 11.6. The highest BCUT2D eigenvalue weighted by atomic mass is 19.4. The van der Waals surface area contributed by atoms with Crippen LogP contribution in [-0.2, 0) is 20.9 Å². The summed E-state index contributed by atoms with van der Waals surface area (Å²) < 4.78 is 39.6. The summed E-state index contributed by atoms with van der Waals surface area (Å²) in [5.41, 5.74) is 1.31. The number of rotatable bonds is 7. The molecule has 186 valence electrons. The second-order valence-corrected chi connectivity index (χ2v) is 9.00. The molecule has 1 aromatic rings. The molecule has 4 rings (SSSR count). The maximum absolute atomic E-state index is 12.1. The van der Waals surface area contributed by atoms with Crippen molar-refractivity contribution in [2.24, 2.45) is 5.92 Å². The minimum Gasteiger partial charge on any atom is -0.475 e. The number of hydrogen-bond acceptors (Lipinski definition) is 5. The van der Waals surface area contributed by atoms with Gasteiger partial charge in [-0.3, -0.25) is 14.4 Å². The first kappa shape index (κ1) is 25.5. The van der Waals surface area contributed by atoms with E-state index in [-0.39, 0.29) is 12.5 Å². The molecule has 0 spiro atoms. The monoisotopic (exact) mass is 474 g/mol. The van der Waals surface area contributed by atoms with Crippen LogP contribution in [0.25, 0.3) is 0 Å². The van der Waals surface area contributed by atoms with Crippen LogP contribution in [0.2, 0.25) is 0 Å². The van der Waals surface area contributed by atoms with Gasteiger partial charge >= 0.3 is 12.1 Å². The Morgan fingerprint density at radius 3 is 2.45 bits per heavy atom. The van der Waals surface area contributed by atoms with E-state index in [9.17, 15) is 18.0 Å². The SMILES string of the molecule is O=C(COCCC1CN(CC2CCCC2)Cc2ccnn21)N1CCCC1.O=C(O)C(F)(F)F. The molecule has 1 saturated carbocycles. The molecule has 0 aromatic carbocycles. The number of aromatic nitrogens is 2. The van der Waals surface area contributed by atoms with Gasteiger partial charge in [-0.05, 0) is 44.1 Å². The number of alkyl halides is 3. The van der Waals surface area contributed by atoms with Crippen molar-refractivity contribution in [3.63, 3.8) is 0 Å². The van der Waals surface area contributed by atoms with E-state index < -0.39 is 12.1 Å². The molecule has 1 aliphatic carbocycles. The fraction of sp³-hybridized carbons (Fsp3) is 0.773. The summed E-state index contributed by atoms with van der Waals surface area (Å²) in [4.78, 5) is 25.5. The van der Waals surface area contributed by atoms with Crippen molar-refractivity contribution in [2.75, 3.05) is 39.4 Å². The molecule has 1 unspecified atom stereocenters. The Bertz CT molecular complexity index is 774. The van der Waals surface area contributed by atoms with E-state index in [1.165, 1.54) is 37.9 Å². The fourth-order valence-electron chi connectivity index (χ4n) is 4.81. The summed E-state index contributed by atoms with van der Waals surface area (Å²) in [7, 11) is 0. The topological polar surface area (TPSA) is 87.9 Å². The molecular weight excluding hydrogens is 441 g/mol. The van der Waals surface area contributed by atoms with Gasteiger partial charge in [0.15, 0.2) is 0 Å². The maximum atomic E-state index is 12.1. The summed E-state index contributed by atoms with van der Waals surface area (Å²) >= 11 is 0. The van der Waals surface area contributed by atoms with Gasteiger partial charge in [0.1, 0.15) is 6.61 Å². The summed E-state index contributed by atoms with van der Waals surface area (Å²) in [6.07, 6.45) is 5.60. The predicted octanol–water partition coefficient (Wildman–Crippen LogP) is 3.09. The zero-order chi connectivity index (χ0) is 23.8. The zero-order valence-corrected chi connectivity index (χ0v) is 18.8. The number of halogens is 3. The average molecular weight is 475 g/mol. The smallest absolute Gasteiger partial charge is 0.475 e. The number of carboxylic acid groups (broad SMARTS) is 1. The van der Waals surface area contributed by atoms with Crippen molar-refractivity contribution >= 4 is 11.9 Å². The Balaban J connectivity index is 0.000000383. The molecule has 1 aromatic heterocycles. The molecule has 33 heavy (non-hydrogen) atoms. The van der Waals surface area contributed by atoms with Crippen molar-refractivity contribution in [1.82, 2.24) is 19.6 Å². The summed E-state index contributed by atoms with van der Waals surface area (Å²) in [5, 5.41) is 11.7. The Morgan fingerprint density at radius 1 is 1.15 bits per heavy atom. The van der Waals surface area contributed by atoms with Gasteiger partial charge in [0.05, 0.1) is 11.7 Å². The highest BCUT2D eigenvalue weighted by Crippen LogP contribution is 2.29. The number of likely N-dealkylation sites (tertiary alicyclic amines) is 1. The number of carbonyl (C=O) groups is 2. The Morgan fingerprint density at radius 2 is 1.82 bits per heavy atom. The van der Waals surface area contributed by atoms with E-state index in [0.29, 0.717) is 12.6 Å². The van der Waals surface area contributed by atoms with E-state index in [0.717, 1.165) is 51.4 Å². The van der Waals surface area contributed by atoms with Crippen LogP contribution in [0.15, 0.2) is 12.3 Å².